The number of aromatic nitrogens is 3. The lowest BCUT2D eigenvalue weighted by molar-refractivity contribution is 0.100. The molecule has 3 rings (SSSR count). The average molecular weight is 360 g/mol. The molecule has 25 heavy (non-hydrogen) atoms. The van der Waals surface area contributed by atoms with Gasteiger partial charge in [-0.15, -0.1) is 0 Å². The molecule has 0 radical (unpaired) electrons. The number of amides is 1. The zero-order chi connectivity index (χ0) is 18.0. The van der Waals surface area contributed by atoms with Gasteiger partial charge < -0.3 is 11.1 Å². The number of pyridine rings is 1. The third kappa shape index (κ3) is 4.07. The molecular weight excluding hydrogens is 338 g/mol. The molecule has 2 aromatic heterocycles. The molecule has 1 aliphatic carbocycles. The lowest BCUT2D eigenvalue weighted by Gasteiger charge is -2.16. The second-order valence-electron chi connectivity index (χ2n) is 6.73. The number of primary amides is 1. The Hall–Kier alpha value is -2.21. The average Bonchev–Trinajstić information content (AvgIpc) is 3.08. The standard InChI is InChI=1S/C18H22ClN5O/c1-10(2)14-7-12(8-15(23-14)11-5-3-4-6-11)22-17-13(16(20)25)9-21-18(19)24-17/h7-11H,3-6H2,1-2H3,(H2,20,25)(H,21,22,23,24). The normalized spacial score (nSPS) is 14.9. The van der Waals surface area contributed by atoms with Crippen molar-refractivity contribution in [2.24, 2.45) is 5.73 Å². The van der Waals surface area contributed by atoms with Gasteiger partial charge in [-0.05, 0) is 42.5 Å². The topological polar surface area (TPSA) is 93.8 Å². The number of halogens is 1. The largest absolute Gasteiger partial charge is 0.365 e. The minimum absolute atomic E-state index is 0.0571. The minimum atomic E-state index is -0.603. The van der Waals surface area contributed by atoms with Crippen LogP contribution in [0.5, 0.6) is 0 Å². The Morgan fingerprint density at radius 1 is 1.28 bits per heavy atom. The molecule has 1 amide bonds. The first kappa shape index (κ1) is 17.6. The number of rotatable bonds is 5. The number of carbonyl (C=O) groups excluding carboxylic acids is 1. The van der Waals surface area contributed by atoms with Crippen molar-refractivity contribution in [1.82, 2.24) is 15.0 Å². The molecule has 2 heterocycles. The number of hydrogen-bond donors (Lipinski definition) is 2. The van der Waals surface area contributed by atoms with E-state index in [1.54, 1.807) is 0 Å². The van der Waals surface area contributed by atoms with Crippen LogP contribution >= 0.6 is 11.6 Å². The van der Waals surface area contributed by atoms with E-state index in [0.29, 0.717) is 17.7 Å². The van der Waals surface area contributed by atoms with Crippen LogP contribution in [0.25, 0.3) is 0 Å². The lowest BCUT2D eigenvalue weighted by Crippen LogP contribution is -2.15. The summed E-state index contributed by atoms with van der Waals surface area (Å²) in [5.74, 6) is 0.495. The molecule has 2 aromatic rings. The molecule has 1 aliphatic rings. The monoisotopic (exact) mass is 359 g/mol. The van der Waals surface area contributed by atoms with E-state index in [1.807, 2.05) is 12.1 Å². The van der Waals surface area contributed by atoms with E-state index < -0.39 is 5.91 Å². The number of nitrogens with one attached hydrogen (secondary N) is 1. The fourth-order valence-corrected chi connectivity index (χ4v) is 3.28. The zero-order valence-electron chi connectivity index (χ0n) is 14.4. The maximum absolute atomic E-state index is 11.6. The van der Waals surface area contributed by atoms with E-state index in [2.05, 4.69) is 29.1 Å². The van der Waals surface area contributed by atoms with Gasteiger partial charge in [0.15, 0.2) is 0 Å². The highest BCUT2D eigenvalue weighted by Gasteiger charge is 2.21. The Labute approximate surface area is 152 Å². The third-order valence-corrected chi connectivity index (χ3v) is 4.70. The summed E-state index contributed by atoms with van der Waals surface area (Å²) >= 11 is 5.88. The van der Waals surface area contributed by atoms with Gasteiger partial charge in [0.2, 0.25) is 5.28 Å². The molecule has 0 bridgehead atoms. The first-order chi connectivity index (χ1) is 11.9. The van der Waals surface area contributed by atoms with E-state index in [0.717, 1.165) is 17.1 Å². The van der Waals surface area contributed by atoms with Crippen LogP contribution in [0.1, 0.15) is 73.1 Å². The Balaban J connectivity index is 1.99. The van der Waals surface area contributed by atoms with Gasteiger partial charge in [-0.1, -0.05) is 26.7 Å². The van der Waals surface area contributed by atoms with Crippen LogP contribution in [-0.2, 0) is 0 Å². The molecule has 1 fully saturated rings. The third-order valence-electron chi connectivity index (χ3n) is 4.52. The van der Waals surface area contributed by atoms with Crippen LogP contribution in [0.15, 0.2) is 18.3 Å². The molecule has 132 valence electrons. The van der Waals surface area contributed by atoms with E-state index >= 15 is 0 Å². The number of carbonyl (C=O) groups is 1. The molecule has 3 N–H and O–H groups in total. The highest BCUT2D eigenvalue weighted by atomic mass is 35.5. The molecule has 0 unspecified atom stereocenters. The van der Waals surface area contributed by atoms with Gasteiger partial charge >= 0.3 is 0 Å². The number of anilines is 2. The second kappa shape index (κ2) is 7.35. The summed E-state index contributed by atoms with van der Waals surface area (Å²) in [5.41, 5.74) is 8.54. The highest BCUT2D eigenvalue weighted by molar-refractivity contribution is 6.28. The summed E-state index contributed by atoms with van der Waals surface area (Å²) in [6.45, 7) is 4.22. The van der Waals surface area contributed by atoms with E-state index in [-0.39, 0.29) is 10.8 Å². The van der Waals surface area contributed by atoms with E-state index in [4.69, 9.17) is 22.3 Å². The molecule has 6 nitrogen and oxygen atoms in total. The van der Waals surface area contributed by atoms with Gasteiger partial charge in [0.25, 0.3) is 5.91 Å². The molecular formula is C18H22ClN5O. The molecule has 1 saturated carbocycles. The van der Waals surface area contributed by atoms with Gasteiger partial charge in [0.05, 0.1) is 0 Å². The van der Waals surface area contributed by atoms with Crippen molar-refractivity contribution in [3.05, 3.63) is 40.6 Å². The molecule has 7 heteroatoms. The maximum atomic E-state index is 11.6. The Morgan fingerprint density at radius 2 is 2.00 bits per heavy atom. The predicted octanol–water partition coefficient (Wildman–Crippen LogP) is 4.15. The first-order valence-electron chi connectivity index (χ1n) is 8.55. The number of hydrogen-bond acceptors (Lipinski definition) is 5. The zero-order valence-corrected chi connectivity index (χ0v) is 15.2. The maximum Gasteiger partial charge on any atom is 0.254 e. The summed E-state index contributed by atoms with van der Waals surface area (Å²) < 4.78 is 0. The minimum Gasteiger partial charge on any atom is -0.365 e. The SMILES string of the molecule is CC(C)c1cc(Nc2nc(Cl)ncc2C(N)=O)cc(C2CCCC2)n1. The highest BCUT2D eigenvalue weighted by Crippen LogP contribution is 2.35. The lowest BCUT2D eigenvalue weighted by atomic mass is 10.0. The van der Waals surface area contributed by atoms with Crippen LogP contribution in [0.2, 0.25) is 5.28 Å². The summed E-state index contributed by atoms with van der Waals surface area (Å²) in [7, 11) is 0. The van der Waals surface area contributed by atoms with Crippen LogP contribution < -0.4 is 11.1 Å². The molecule has 0 spiro atoms. The van der Waals surface area contributed by atoms with Gasteiger partial charge in [-0.3, -0.25) is 9.78 Å². The summed E-state index contributed by atoms with van der Waals surface area (Å²) in [5, 5.41) is 3.23. The fraction of sp³-hybridized carbons (Fsp3) is 0.444. The molecule has 0 aliphatic heterocycles. The van der Waals surface area contributed by atoms with Crippen LogP contribution in [-0.4, -0.2) is 20.9 Å². The smallest absolute Gasteiger partial charge is 0.254 e. The summed E-state index contributed by atoms with van der Waals surface area (Å²) in [4.78, 5) is 24.4. The van der Waals surface area contributed by atoms with Crippen molar-refractivity contribution in [3.8, 4) is 0 Å². The fourth-order valence-electron chi connectivity index (χ4n) is 3.15. The van der Waals surface area contributed by atoms with Crippen molar-refractivity contribution in [2.75, 3.05) is 5.32 Å². The van der Waals surface area contributed by atoms with Crippen molar-refractivity contribution in [1.29, 1.82) is 0 Å². The van der Waals surface area contributed by atoms with Crippen LogP contribution in [0.4, 0.5) is 11.5 Å². The quantitative estimate of drug-likeness (QED) is 0.782. The van der Waals surface area contributed by atoms with Crippen LogP contribution in [0, 0.1) is 0 Å². The number of nitrogens with zero attached hydrogens (tertiary/aromatic N) is 3. The first-order valence-corrected chi connectivity index (χ1v) is 8.93. The van der Waals surface area contributed by atoms with Crippen molar-refractivity contribution in [3.63, 3.8) is 0 Å². The summed E-state index contributed by atoms with van der Waals surface area (Å²) in [6, 6.07) is 4.01. The summed E-state index contributed by atoms with van der Waals surface area (Å²) in [6.07, 6.45) is 6.16. The molecule has 0 atom stereocenters. The van der Waals surface area contributed by atoms with E-state index in [1.165, 1.54) is 31.9 Å². The van der Waals surface area contributed by atoms with E-state index in [9.17, 15) is 4.79 Å². The number of nitrogens with two attached hydrogens (primary N) is 1. The van der Waals surface area contributed by atoms with Gasteiger partial charge in [-0.2, -0.15) is 4.98 Å². The Kier molecular flexibility index (Phi) is 5.18. The van der Waals surface area contributed by atoms with Crippen molar-refractivity contribution < 1.29 is 4.79 Å². The van der Waals surface area contributed by atoms with Crippen molar-refractivity contribution >= 4 is 29.0 Å². The van der Waals surface area contributed by atoms with Gasteiger partial charge in [0, 0.05) is 29.2 Å². The second-order valence-corrected chi connectivity index (χ2v) is 7.07. The van der Waals surface area contributed by atoms with Gasteiger partial charge in [-0.25, -0.2) is 4.98 Å². The predicted molar refractivity (Wildman–Crippen MR) is 98.4 cm³/mol. The molecule has 0 saturated heterocycles. The van der Waals surface area contributed by atoms with Crippen molar-refractivity contribution in [2.45, 2.75) is 51.4 Å². The molecule has 0 aromatic carbocycles. The Bertz CT molecular complexity index is 787. The van der Waals surface area contributed by atoms with Crippen LogP contribution in [0.3, 0.4) is 0 Å². The van der Waals surface area contributed by atoms with Gasteiger partial charge in [0.1, 0.15) is 11.4 Å². The Morgan fingerprint density at radius 3 is 2.64 bits per heavy atom.